The van der Waals surface area contributed by atoms with E-state index in [2.05, 4.69) is 6.92 Å². The van der Waals surface area contributed by atoms with Crippen molar-refractivity contribution < 1.29 is 18.9 Å². The molecule has 5 nitrogen and oxygen atoms in total. The van der Waals surface area contributed by atoms with Crippen molar-refractivity contribution in [1.82, 2.24) is 0 Å². The summed E-state index contributed by atoms with van der Waals surface area (Å²) >= 11 is 0. The van der Waals surface area contributed by atoms with Gasteiger partial charge in [0.1, 0.15) is 0 Å². The Bertz CT molecular complexity index is 324. The Labute approximate surface area is 127 Å². The molecule has 122 valence electrons. The first-order valence-electron chi connectivity index (χ1n) is 8.35. The molecule has 21 heavy (non-hydrogen) atoms. The van der Waals surface area contributed by atoms with Crippen molar-refractivity contribution in [2.75, 3.05) is 33.0 Å². The third-order valence-corrected chi connectivity index (χ3v) is 5.23. The normalized spacial score (nSPS) is 36.0. The summed E-state index contributed by atoms with van der Waals surface area (Å²) in [5.41, 5.74) is 6.47. The Balaban J connectivity index is 1.35. The highest BCUT2D eigenvalue weighted by molar-refractivity contribution is 4.95. The van der Waals surface area contributed by atoms with Gasteiger partial charge in [0.15, 0.2) is 0 Å². The summed E-state index contributed by atoms with van der Waals surface area (Å²) in [6, 6.07) is -0.0660. The fourth-order valence-electron chi connectivity index (χ4n) is 3.55. The predicted octanol–water partition coefficient (Wildman–Crippen LogP) is 1.48. The van der Waals surface area contributed by atoms with Crippen LogP contribution in [0.1, 0.15) is 39.0 Å². The van der Waals surface area contributed by atoms with Crippen LogP contribution < -0.4 is 5.73 Å². The third-order valence-electron chi connectivity index (χ3n) is 5.23. The first-order valence-corrected chi connectivity index (χ1v) is 8.35. The van der Waals surface area contributed by atoms with E-state index in [4.69, 9.17) is 24.7 Å². The highest BCUT2D eigenvalue weighted by atomic mass is 16.5. The van der Waals surface area contributed by atoms with Crippen LogP contribution in [0.3, 0.4) is 0 Å². The molecule has 2 aliphatic heterocycles. The number of ether oxygens (including phenoxy) is 4. The molecule has 0 spiro atoms. The van der Waals surface area contributed by atoms with E-state index >= 15 is 0 Å². The fraction of sp³-hybridized carbons (Fsp3) is 1.00. The van der Waals surface area contributed by atoms with E-state index in [1.807, 2.05) is 0 Å². The van der Waals surface area contributed by atoms with Gasteiger partial charge in [-0.15, -0.1) is 0 Å². The summed E-state index contributed by atoms with van der Waals surface area (Å²) in [7, 11) is 0. The molecule has 0 aromatic rings. The van der Waals surface area contributed by atoms with Crippen LogP contribution in [0, 0.1) is 5.41 Å². The maximum Gasteiger partial charge on any atom is 0.0720 e. The van der Waals surface area contributed by atoms with Crippen LogP contribution in [-0.4, -0.2) is 57.4 Å². The Kier molecular flexibility index (Phi) is 5.17. The van der Waals surface area contributed by atoms with Crippen molar-refractivity contribution in [3.8, 4) is 0 Å². The Morgan fingerprint density at radius 2 is 2.10 bits per heavy atom. The van der Waals surface area contributed by atoms with E-state index in [1.165, 1.54) is 12.8 Å². The van der Waals surface area contributed by atoms with E-state index in [0.29, 0.717) is 18.8 Å². The van der Waals surface area contributed by atoms with Crippen molar-refractivity contribution >= 4 is 0 Å². The number of hydrogen-bond acceptors (Lipinski definition) is 5. The molecule has 1 saturated carbocycles. The van der Waals surface area contributed by atoms with Gasteiger partial charge in [0.2, 0.25) is 0 Å². The average molecular weight is 299 g/mol. The second kappa shape index (κ2) is 6.92. The zero-order chi connectivity index (χ0) is 14.7. The number of fused-ring (bicyclic) bond motifs is 2. The van der Waals surface area contributed by atoms with Crippen molar-refractivity contribution in [3.63, 3.8) is 0 Å². The summed E-state index contributed by atoms with van der Waals surface area (Å²) in [6.07, 6.45) is 6.35. The van der Waals surface area contributed by atoms with Gasteiger partial charge in [0.25, 0.3) is 0 Å². The van der Waals surface area contributed by atoms with Gasteiger partial charge in [-0.25, -0.2) is 0 Å². The topological polar surface area (TPSA) is 62.9 Å². The lowest BCUT2D eigenvalue weighted by Crippen LogP contribution is -2.42. The summed E-state index contributed by atoms with van der Waals surface area (Å²) in [5, 5.41) is 0. The minimum Gasteiger partial charge on any atom is -0.381 e. The summed E-state index contributed by atoms with van der Waals surface area (Å²) in [5.74, 6) is 0. The van der Waals surface area contributed by atoms with Gasteiger partial charge in [-0.3, -0.25) is 0 Å². The first-order chi connectivity index (χ1) is 10.2. The SMILES string of the molecule is CC(OCC12CCC(C1)OC2)C(N)COC1CCOCC1. The molecule has 5 heteroatoms. The molecular formula is C16H29NO4. The third kappa shape index (κ3) is 3.96. The molecular weight excluding hydrogens is 270 g/mol. The van der Waals surface area contributed by atoms with Crippen molar-refractivity contribution in [2.24, 2.45) is 11.1 Å². The van der Waals surface area contributed by atoms with Gasteiger partial charge in [-0.1, -0.05) is 0 Å². The molecule has 4 unspecified atom stereocenters. The minimum atomic E-state index is -0.0660. The molecule has 2 N–H and O–H groups in total. The molecule has 4 atom stereocenters. The fourth-order valence-corrected chi connectivity index (χ4v) is 3.55. The number of rotatable bonds is 7. The monoisotopic (exact) mass is 299 g/mol. The second-order valence-corrected chi connectivity index (χ2v) is 7.00. The zero-order valence-electron chi connectivity index (χ0n) is 13.1. The molecule has 0 aromatic heterocycles. The maximum absolute atomic E-state index is 6.20. The molecule has 0 amide bonds. The van der Waals surface area contributed by atoms with E-state index in [9.17, 15) is 0 Å². The van der Waals surface area contributed by atoms with Gasteiger partial charge in [0, 0.05) is 18.6 Å². The van der Waals surface area contributed by atoms with Crippen LogP contribution in [0.2, 0.25) is 0 Å². The minimum absolute atomic E-state index is 0.0267. The molecule has 2 saturated heterocycles. The number of nitrogens with two attached hydrogens (primary N) is 1. The van der Waals surface area contributed by atoms with Crippen molar-refractivity contribution in [1.29, 1.82) is 0 Å². The Morgan fingerprint density at radius 3 is 2.71 bits per heavy atom. The van der Waals surface area contributed by atoms with E-state index in [-0.39, 0.29) is 17.6 Å². The van der Waals surface area contributed by atoms with Crippen LogP contribution >= 0.6 is 0 Å². The first kappa shape index (κ1) is 15.7. The Hall–Kier alpha value is -0.200. The molecule has 1 aliphatic carbocycles. The zero-order valence-corrected chi connectivity index (χ0v) is 13.1. The standard InChI is InChI=1S/C16H29NO4/c1-12(15(17)9-19-13-3-6-18-7-4-13)20-10-16-5-2-14(8-16)21-11-16/h12-15H,2-11,17H2,1H3. The smallest absolute Gasteiger partial charge is 0.0720 e. The highest BCUT2D eigenvalue weighted by Crippen LogP contribution is 2.46. The van der Waals surface area contributed by atoms with Crippen molar-refractivity contribution in [3.05, 3.63) is 0 Å². The van der Waals surface area contributed by atoms with Gasteiger partial charge in [0.05, 0.1) is 44.2 Å². The molecule has 3 aliphatic rings. The largest absolute Gasteiger partial charge is 0.381 e. The van der Waals surface area contributed by atoms with Gasteiger partial charge >= 0.3 is 0 Å². The predicted molar refractivity (Wildman–Crippen MR) is 79.2 cm³/mol. The second-order valence-electron chi connectivity index (χ2n) is 7.00. The van der Waals surface area contributed by atoms with Crippen LogP contribution in [0.15, 0.2) is 0 Å². The van der Waals surface area contributed by atoms with Gasteiger partial charge in [-0.2, -0.15) is 0 Å². The molecule has 3 rings (SSSR count). The molecule has 3 fully saturated rings. The van der Waals surface area contributed by atoms with Gasteiger partial charge in [-0.05, 0) is 39.0 Å². The average Bonchev–Trinajstić information content (AvgIpc) is 3.12. The molecule has 2 bridgehead atoms. The van der Waals surface area contributed by atoms with E-state index < -0.39 is 0 Å². The van der Waals surface area contributed by atoms with E-state index in [1.54, 1.807) is 0 Å². The maximum atomic E-state index is 6.20. The number of hydrogen-bond donors (Lipinski definition) is 1. The van der Waals surface area contributed by atoms with Crippen LogP contribution in [0.5, 0.6) is 0 Å². The lowest BCUT2D eigenvalue weighted by atomic mass is 9.89. The summed E-state index contributed by atoms with van der Waals surface area (Å²) in [4.78, 5) is 0. The lowest BCUT2D eigenvalue weighted by molar-refractivity contribution is -0.0659. The van der Waals surface area contributed by atoms with Gasteiger partial charge < -0.3 is 24.7 Å². The summed E-state index contributed by atoms with van der Waals surface area (Å²) in [6.45, 7) is 5.86. The van der Waals surface area contributed by atoms with E-state index in [0.717, 1.165) is 45.7 Å². The molecule has 0 aromatic carbocycles. The molecule has 0 radical (unpaired) electrons. The quantitative estimate of drug-likeness (QED) is 0.771. The van der Waals surface area contributed by atoms with Crippen molar-refractivity contribution in [2.45, 2.75) is 63.4 Å². The summed E-state index contributed by atoms with van der Waals surface area (Å²) < 4.78 is 23.0. The highest BCUT2D eigenvalue weighted by Gasteiger charge is 2.46. The van der Waals surface area contributed by atoms with Crippen LogP contribution in [0.25, 0.3) is 0 Å². The molecule has 2 heterocycles. The van der Waals surface area contributed by atoms with Crippen LogP contribution in [-0.2, 0) is 18.9 Å². The van der Waals surface area contributed by atoms with Crippen LogP contribution in [0.4, 0.5) is 0 Å². The Morgan fingerprint density at radius 1 is 1.29 bits per heavy atom. The lowest BCUT2D eigenvalue weighted by Gasteiger charge is -2.30.